The van der Waals surface area contributed by atoms with Crippen LogP contribution in [-0.4, -0.2) is 27.3 Å². The number of hydrogen-bond donors (Lipinski definition) is 1. The van der Waals surface area contributed by atoms with Crippen molar-refractivity contribution in [2.24, 2.45) is 11.3 Å². The molecule has 0 atom stereocenters. The molecule has 0 amide bonds. The molecular formula is C9H18ClNO2S. The Kier molecular flexibility index (Phi) is 3.83. The molecule has 0 aromatic rings. The number of hydrogen-bond acceptors (Lipinski definition) is 3. The molecule has 0 aliphatic carbocycles. The standard InChI is InChI=1S/C9H18ClNO2S/c1-9(2,7-14(10,12)13)8-3-5-11-6-4-8/h8,11H,3-7H2,1-2H3. The lowest BCUT2D eigenvalue weighted by atomic mass is 9.75. The van der Waals surface area contributed by atoms with Crippen LogP contribution in [0.25, 0.3) is 0 Å². The number of rotatable bonds is 3. The van der Waals surface area contributed by atoms with E-state index in [-0.39, 0.29) is 11.2 Å². The second-order valence-electron chi connectivity index (χ2n) is 4.70. The molecule has 0 saturated carbocycles. The number of nitrogens with one attached hydrogen (secondary N) is 1. The highest BCUT2D eigenvalue weighted by molar-refractivity contribution is 8.13. The molecule has 1 N–H and O–H groups in total. The number of halogens is 1. The van der Waals surface area contributed by atoms with Crippen molar-refractivity contribution in [1.82, 2.24) is 5.32 Å². The first kappa shape index (κ1) is 12.3. The predicted molar refractivity (Wildman–Crippen MR) is 59.0 cm³/mol. The van der Waals surface area contributed by atoms with Gasteiger partial charge in [-0.15, -0.1) is 0 Å². The lowest BCUT2D eigenvalue weighted by Gasteiger charge is -2.36. The van der Waals surface area contributed by atoms with E-state index in [2.05, 4.69) is 5.32 Å². The van der Waals surface area contributed by atoms with Crippen LogP contribution >= 0.6 is 10.7 Å². The van der Waals surface area contributed by atoms with Crippen LogP contribution in [0.4, 0.5) is 0 Å². The molecule has 3 nitrogen and oxygen atoms in total. The van der Waals surface area contributed by atoms with Gasteiger partial charge in [0.2, 0.25) is 9.05 Å². The van der Waals surface area contributed by atoms with Gasteiger partial charge in [0.15, 0.2) is 0 Å². The minimum atomic E-state index is -3.38. The average Bonchev–Trinajstić information content (AvgIpc) is 2.01. The van der Waals surface area contributed by atoms with Gasteiger partial charge in [-0.3, -0.25) is 0 Å². The molecule has 0 unspecified atom stereocenters. The minimum absolute atomic E-state index is 0.0756. The smallest absolute Gasteiger partial charge is 0.233 e. The zero-order chi connectivity index (χ0) is 10.8. The van der Waals surface area contributed by atoms with Crippen molar-refractivity contribution in [3.05, 3.63) is 0 Å². The molecule has 0 bridgehead atoms. The molecule has 0 spiro atoms. The third-order valence-corrected chi connectivity index (χ3v) is 4.40. The highest BCUT2D eigenvalue weighted by atomic mass is 35.7. The average molecular weight is 240 g/mol. The van der Waals surface area contributed by atoms with Gasteiger partial charge in [-0.05, 0) is 37.3 Å². The molecule has 1 fully saturated rings. The Balaban J connectivity index is 2.63. The maximum absolute atomic E-state index is 11.0. The topological polar surface area (TPSA) is 46.2 Å². The van der Waals surface area contributed by atoms with E-state index in [1.807, 2.05) is 13.8 Å². The third-order valence-electron chi connectivity index (χ3n) is 2.99. The van der Waals surface area contributed by atoms with Gasteiger partial charge in [0.25, 0.3) is 0 Å². The van der Waals surface area contributed by atoms with Gasteiger partial charge in [-0.25, -0.2) is 8.42 Å². The van der Waals surface area contributed by atoms with Crippen molar-refractivity contribution in [2.75, 3.05) is 18.8 Å². The van der Waals surface area contributed by atoms with Crippen LogP contribution in [-0.2, 0) is 9.05 Å². The zero-order valence-electron chi connectivity index (χ0n) is 8.72. The summed E-state index contributed by atoms with van der Waals surface area (Å²) in [5.41, 5.74) is -0.206. The van der Waals surface area contributed by atoms with Crippen molar-refractivity contribution in [3.8, 4) is 0 Å². The fourth-order valence-corrected chi connectivity index (χ4v) is 4.13. The maximum Gasteiger partial charge on any atom is 0.233 e. The highest BCUT2D eigenvalue weighted by Crippen LogP contribution is 2.35. The van der Waals surface area contributed by atoms with Crippen molar-refractivity contribution >= 4 is 19.7 Å². The van der Waals surface area contributed by atoms with E-state index in [9.17, 15) is 8.42 Å². The van der Waals surface area contributed by atoms with Crippen molar-refractivity contribution in [3.63, 3.8) is 0 Å². The molecular weight excluding hydrogens is 222 g/mol. The van der Waals surface area contributed by atoms with E-state index in [1.54, 1.807) is 0 Å². The van der Waals surface area contributed by atoms with Crippen LogP contribution in [0.15, 0.2) is 0 Å². The Morgan fingerprint density at radius 1 is 1.36 bits per heavy atom. The molecule has 0 radical (unpaired) electrons. The van der Waals surface area contributed by atoms with Crippen molar-refractivity contribution < 1.29 is 8.42 Å². The fourth-order valence-electron chi connectivity index (χ4n) is 2.17. The molecule has 1 saturated heterocycles. The SMILES string of the molecule is CC(C)(CS(=O)(=O)Cl)C1CCNCC1. The molecule has 1 heterocycles. The van der Waals surface area contributed by atoms with E-state index < -0.39 is 9.05 Å². The summed E-state index contributed by atoms with van der Waals surface area (Å²) in [5, 5.41) is 3.27. The van der Waals surface area contributed by atoms with E-state index in [1.165, 1.54) is 0 Å². The highest BCUT2D eigenvalue weighted by Gasteiger charge is 2.34. The van der Waals surface area contributed by atoms with E-state index in [0.717, 1.165) is 25.9 Å². The fraction of sp³-hybridized carbons (Fsp3) is 1.00. The molecule has 0 aromatic heterocycles. The third kappa shape index (κ3) is 3.75. The summed E-state index contributed by atoms with van der Waals surface area (Å²) in [5.74, 6) is 0.531. The molecule has 84 valence electrons. The zero-order valence-corrected chi connectivity index (χ0v) is 10.3. The predicted octanol–water partition coefficient (Wildman–Crippen LogP) is 1.58. The van der Waals surface area contributed by atoms with Crippen LogP contribution < -0.4 is 5.32 Å². The lowest BCUT2D eigenvalue weighted by Crippen LogP contribution is -2.38. The summed E-state index contributed by atoms with van der Waals surface area (Å²) in [4.78, 5) is 0. The quantitative estimate of drug-likeness (QED) is 0.761. The van der Waals surface area contributed by atoms with E-state index in [4.69, 9.17) is 10.7 Å². The Labute approximate surface area is 90.6 Å². The summed E-state index contributed by atoms with van der Waals surface area (Å²) < 4.78 is 22.1. The van der Waals surface area contributed by atoms with E-state index in [0.29, 0.717) is 5.92 Å². The van der Waals surface area contributed by atoms with Gasteiger partial charge in [-0.1, -0.05) is 13.8 Å². The van der Waals surface area contributed by atoms with Crippen LogP contribution in [0.2, 0.25) is 0 Å². The minimum Gasteiger partial charge on any atom is -0.317 e. The monoisotopic (exact) mass is 239 g/mol. The first-order valence-electron chi connectivity index (χ1n) is 4.94. The van der Waals surface area contributed by atoms with Gasteiger partial charge in [0.1, 0.15) is 0 Å². The Bertz CT molecular complexity index is 281. The largest absolute Gasteiger partial charge is 0.317 e. The molecule has 1 aliphatic rings. The second kappa shape index (κ2) is 4.37. The lowest BCUT2D eigenvalue weighted by molar-refractivity contribution is 0.191. The Morgan fingerprint density at radius 2 is 1.86 bits per heavy atom. The maximum atomic E-state index is 11.0. The summed E-state index contributed by atoms with van der Waals surface area (Å²) in [6, 6.07) is 0. The van der Waals surface area contributed by atoms with Crippen LogP contribution in [0.1, 0.15) is 26.7 Å². The summed E-state index contributed by atoms with van der Waals surface area (Å²) in [6.45, 7) is 5.94. The molecule has 1 rings (SSSR count). The molecule has 1 aliphatic heterocycles. The van der Waals surface area contributed by atoms with Gasteiger partial charge in [0.05, 0.1) is 5.75 Å². The summed E-state index contributed by atoms with van der Waals surface area (Å²) >= 11 is 0. The van der Waals surface area contributed by atoms with Crippen LogP contribution in [0, 0.1) is 11.3 Å². The van der Waals surface area contributed by atoms with Crippen LogP contribution in [0.3, 0.4) is 0 Å². The Hall–Kier alpha value is 0.200. The van der Waals surface area contributed by atoms with Crippen LogP contribution in [0.5, 0.6) is 0 Å². The molecule has 14 heavy (non-hydrogen) atoms. The Morgan fingerprint density at radius 3 is 2.29 bits per heavy atom. The second-order valence-corrected chi connectivity index (χ2v) is 7.47. The normalized spacial score (nSPS) is 21.1. The molecule has 0 aromatic carbocycles. The van der Waals surface area contributed by atoms with E-state index >= 15 is 0 Å². The van der Waals surface area contributed by atoms with Gasteiger partial charge >= 0.3 is 0 Å². The number of piperidine rings is 1. The van der Waals surface area contributed by atoms with Crippen molar-refractivity contribution in [1.29, 1.82) is 0 Å². The van der Waals surface area contributed by atoms with Crippen molar-refractivity contribution in [2.45, 2.75) is 26.7 Å². The molecule has 5 heteroatoms. The van der Waals surface area contributed by atoms with Gasteiger partial charge in [-0.2, -0.15) is 0 Å². The van der Waals surface area contributed by atoms with Gasteiger partial charge in [0, 0.05) is 10.7 Å². The first-order valence-corrected chi connectivity index (χ1v) is 7.42. The van der Waals surface area contributed by atoms with Gasteiger partial charge < -0.3 is 5.32 Å². The summed E-state index contributed by atoms with van der Waals surface area (Å²) in [7, 11) is 1.91. The summed E-state index contributed by atoms with van der Waals surface area (Å²) in [6.07, 6.45) is 2.08. The first-order chi connectivity index (χ1) is 6.31.